The SMILES string of the molecule is O=C(O)C1Cc2occc2N1. The molecule has 1 aromatic heterocycles. The van der Waals surface area contributed by atoms with Gasteiger partial charge in [0.05, 0.1) is 12.0 Å². The normalized spacial score (nSPS) is 20.9. The lowest BCUT2D eigenvalue weighted by Gasteiger charge is -2.02. The van der Waals surface area contributed by atoms with E-state index in [1.165, 1.54) is 0 Å². The summed E-state index contributed by atoms with van der Waals surface area (Å²) in [5.74, 6) is -0.103. The highest BCUT2D eigenvalue weighted by atomic mass is 16.4. The molecule has 2 rings (SSSR count). The van der Waals surface area contributed by atoms with Gasteiger partial charge in [-0.15, -0.1) is 0 Å². The zero-order valence-electron chi connectivity index (χ0n) is 5.70. The summed E-state index contributed by atoms with van der Waals surface area (Å²) >= 11 is 0. The molecule has 0 saturated heterocycles. The predicted octanol–water partition coefficient (Wildman–Crippen LogP) is 0.701. The second kappa shape index (κ2) is 2.02. The Bertz CT molecular complexity index is 271. The minimum Gasteiger partial charge on any atom is -0.480 e. The molecule has 2 heterocycles. The number of aliphatic carboxylic acids is 1. The van der Waals surface area contributed by atoms with Crippen molar-refractivity contribution in [3.63, 3.8) is 0 Å². The number of furan rings is 1. The van der Waals surface area contributed by atoms with Gasteiger partial charge in [-0.1, -0.05) is 0 Å². The summed E-state index contributed by atoms with van der Waals surface area (Å²) in [6.07, 6.45) is 1.99. The fraction of sp³-hybridized carbons (Fsp3) is 0.286. The Balaban J connectivity index is 2.22. The molecule has 0 amide bonds. The first kappa shape index (κ1) is 6.27. The van der Waals surface area contributed by atoms with Gasteiger partial charge in [0.15, 0.2) is 0 Å². The van der Waals surface area contributed by atoms with E-state index in [-0.39, 0.29) is 0 Å². The van der Waals surface area contributed by atoms with E-state index in [9.17, 15) is 4.79 Å². The molecule has 0 aromatic carbocycles. The van der Waals surface area contributed by atoms with Crippen LogP contribution in [0.15, 0.2) is 16.7 Å². The standard InChI is InChI=1S/C7H7NO3/c9-7(10)5-3-6-4(8-5)1-2-11-6/h1-2,5,8H,3H2,(H,9,10). The molecule has 2 N–H and O–H groups in total. The number of fused-ring (bicyclic) bond motifs is 1. The fourth-order valence-electron chi connectivity index (χ4n) is 1.20. The van der Waals surface area contributed by atoms with Gasteiger partial charge >= 0.3 is 5.97 Å². The van der Waals surface area contributed by atoms with Gasteiger partial charge in [0, 0.05) is 6.42 Å². The van der Waals surface area contributed by atoms with E-state index in [0.29, 0.717) is 6.42 Å². The summed E-state index contributed by atoms with van der Waals surface area (Å²) in [6.45, 7) is 0. The van der Waals surface area contributed by atoms with Crippen molar-refractivity contribution in [1.82, 2.24) is 0 Å². The van der Waals surface area contributed by atoms with Crippen molar-refractivity contribution in [1.29, 1.82) is 0 Å². The zero-order chi connectivity index (χ0) is 7.84. The molecule has 4 nitrogen and oxygen atoms in total. The predicted molar refractivity (Wildman–Crippen MR) is 37.5 cm³/mol. The van der Waals surface area contributed by atoms with Crippen molar-refractivity contribution in [3.05, 3.63) is 18.1 Å². The molecular formula is C7H7NO3. The van der Waals surface area contributed by atoms with Gasteiger partial charge in [-0.05, 0) is 6.07 Å². The van der Waals surface area contributed by atoms with Crippen molar-refractivity contribution in [2.45, 2.75) is 12.5 Å². The van der Waals surface area contributed by atoms with E-state index in [1.807, 2.05) is 0 Å². The third kappa shape index (κ3) is 0.869. The van der Waals surface area contributed by atoms with E-state index in [0.717, 1.165) is 11.4 Å². The second-order valence-corrected chi connectivity index (χ2v) is 2.50. The summed E-state index contributed by atoms with van der Waals surface area (Å²) in [5.41, 5.74) is 0.803. The van der Waals surface area contributed by atoms with Crippen LogP contribution in [0.5, 0.6) is 0 Å². The highest BCUT2D eigenvalue weighted by Crippen LogP contribution is 2.26. The van der Waals surface area contributed by atoms with Crippen LogP contribution in [0.25, 0.3) is 0 Å². The molecule has 0 saturated carbocycles. The third-order valence-corrected chi connectivity index (χ3v) is 1.76. The van der Waals surface area contributed by atoms with Crippen LogP contribution in [0.4, 0.5) is 5.69 Å². The molecule has 0 aliphatic carbocycles. The summed E-state index contributed by atoms with van der Waals surface area (Å²) in [4.78, 5) is 10.5. The van der Waals surface area contributed by atoms with Gasteiger partial charge in [-0.2, -0.15) is 0 Å². The van der Waals surface area contributed by atoms with Crippen LogP contribution in [0.2, 0.25) is 0 Å². The van der Waals surface area contributed by atoms with E-state index in [4.69, 9.17) is 9.52 Å². The number of carboxylic acid groups (broad SMARTS) is 1. The topological polar surface area (TPSA) is 62.5 Å². The van der Waals surface area contributed by atoms with Crippen LogP contribution in [0, 0.1) is 0 Å². The first-order valence-electron chi connectivity index (χ1n) is 3.33. The van der Waals surface area contributed by atoms with Crippen molar-refractivity contribution < 1.29 is 14.3 Å². The first-order chi connectivity index (χ1) is 5.27. The summed E-state index contributed by atoms with van der Waals surface area (Å²) < 4.78 is 5.03. The van der Waals surface area contributed by atoms with Crippen molar-refractivity contribution >= 4 is 11.7 Å². The Kier molecular flexibility index (Phi) is 1.15. The molecule has 4 heteroatoms. The smallest absolute Gasteiger partial charge is 0.326 e. The number of nitrogens with one attached hydrogen (secondary N) is 1. The molecular weight excluding hydrogens is 146 g/mol. The van der Waals surface area contributed by atoms with E-state index in [2.05, 4.69) is 5.32 Å². The van der Waals surface area contributed by atoms with E-state index in [1.54, 1.807) is 12.3 Å². The van der Waals surface area contributed by atoms with Gasteiger partial charge in [0.25, 0.3) is 0 Å². The number of hydrogen-bond donors (Lipinski definition) is 2. The fourth-order valence-corrected chi connectivity index (χ4v) is 1.20. The number of rotatable bonds is 1. The van der Waals surface area contributed by atoms with Crippen LogP contribution >= 0.6 is 0 Å². The molecule has 0 fully saturated rings. The van der Waals surface area contributed by atoms with Crippen molar-refractivity contribution in [2.75, 3.05) is 5.32 Å². The van der Waals surface area contributed by atoms with Gasteiger partial charge in [0.2, 0.25) is 0 Å². The van der Waals surface area contributed by atoms with Crippen LogP contribution in [0.3, 0.4) is 0 Å². The Labute approximate surface area is 62.8 Å². The van der Waals surface area contributed by atoms with Gasteiger partial charge in [-0.25, -0.2) is 4.79 Å². The number of carbonyl (C=O) groups is 1. The Morgan fingerprint density at radius 1 is 1.82 bits per heavy atom. The third-order valence-electron chi connectivity index (χ3n) is 1.76. The number of anilines is 1. The maximum atomic E-state index is 10.5. The number of carboxylic acids is 1. The Hall–Kier alpha value is -1.45. The lowest BCUT2D eigenvalue weighted by Crippen LogP contribution is -2.26. The van der Waals surface area contributed by atoms with E-state index >= 15 is 0 Å². The van der Waals surface area contributed by atoms with Crippen molar-refractivity contribution in [2.24, 2.45) is 0 Å². The molecule has 58 valence electrons. The summed E-state index contributed by atoms with van der Waals surface area (Å²) in [6, 6.07) is 1.23. The van der Waals surface area contributed by atoms with Crippen molar-refractivity contribution in [3.8, 4) is 0 Å². The monoisotopic (exact) mass is 153 g/mol. The van der Waals surface area contributed by atoms with Crippen LogP contribution in [0.1, 0.15) is 5.76 Å². The molecule has 0 bridgehead atoms. The van der Waals surface area contributed by atoms with E-state index < -0.39 is 12.0 Å². The first-order valence-corrected chi connectivity index (χ1v) is 3.33. The molecule has 1 aromatic rings. The minimum absolute atomic E-state index is 0.442. The quantitative estimate of drug-likeness (QED) is 0.623. The molecule has 0 radical (unpaired) electrons. The molecule has 1 atom stereocenters. The van der Waals surface area contributed by atoms with Gasteiger partial charge in [0.1, 0.15) is 11.8 Å². The zero-order valence-corrected chi connectivity index (χ0v) is 5.70. The summed E-state index contributed by atoms with van der Waals surface area (Å²) in [5, 5.41) is 11.4. The maximum Gasteiger partial charge on any atom is 0.326 e. The Morgan fingerprint density at radius 2 is 2.64 bits per heavy atom. The average Bonchev–Trinajstić information content (AvgIpc) is 2.40. The lowest BCUT2D eigenvalue weighted by atomic mass is 10.2. The average molecular weight is 153 g/mol. The molecule has 11 heavy (non-hydrogen) atoms. The highest BCUT2D eigenvalue weighted by Gasteiger charge is 2.28. The van der Waals surface area contributed by atoms with Crippen LogP contribution in [-0.2, 0) is 11.2 Å². The van der Waals surface area contributed by atoms with Gasteiger partial charge < -0.3 is 14.8 Å². The summed E-state index contributed by atoms with van der Waals surface area (Å²) in [7, 11) is 0. The second-order valence-electron chi connectivity index (χ2n) is 2.50. The maximum absolute atomic E-state index is 10.5. The molecule has 0 spiro atoms. The highest BCUT2D eigenvalue weighted by molar-refractivity contribution is 5.80. The molecule has 1 aliphatic rings. The van der Waals surface area contributed by atoms with Crippen LogP contribution < -0.4 is 5.32 Å². The lowest BCUT2D eigenvalue weighted by molar-refractivity contribution is -0.137. The van der Waals surface area contributed by atoms with Gasteiger partial charge in [-0.3, -0.25) is 0 Å². The molecule has 1 unspecified atom stereocenters. The minimum atomic E-state index is -0.837. The van der Waals surface area contributed by atoms with Crippen LogP contribution in [-0.4, -0.2) is 17.1 Å². The Morgan fingerprint density at radius 3 is 3.27 bits per heavy atom. The number of hydrogen-bond acceptors (Lipinski definition) is 3. The molecule has 1 aliphatic heterocycles. The largest absolute Gasteiger partial charge is 0.480 e.